The maximum Gasteiger partial charge on any atom is 0.418 e. The molecule has 0 aromatic carbocycles. The van der Waals surface area contributed by atoms with Crippen molar-refractivity contribution in [2.24, 2.45) is 0 Å². The number of nitrogens with zero attached hydrogens (tertiary/aromatic N) is 5. The highest BCUT2D eigenvalue weighted by Gasteiger charge is 2.36. The van der Waals surface area contributed by atoms with Crippen molar-refractivity contribution in [1.82, 2.24) is 30.0 Å². The number of alkyl halides is 3. The molecule has 3 aromatic rings. The van der Waals surface area contributed by atoms with Crippen molar-refractivity contribution in [2.75, 3.05) is 0 Å². The highest BCUT2D eigenvalue weighted by atomic mass is 19.4. The van der Waals surface area contributed by atoms with Gasteiger partial charge in [0.1, 0.15) is 12.0 Å². The Morgan fingerprint density at radius 3 is 2.60 bits per heavy atom. The van der Waals surface area contributed by atoms with Crippen LogP contribution in [-0.2, 0) is 6.18 Å². The van der Waals surface area contributed by atoms with E-state index in [2.05, 4.69) is 25.4 Å². The zero-order valence-electron chi connectivity index (χ0n) is 15.9. The lowest BCUT2D eigenvalue weighted by Crippen LogP contribution is -2.39. The van der Waals surface area contributed by atoms with Crippen LogP contribution in [0.25, 0.3) is 11.3 Å². The van der Waals surface area contributed by atoms with E-state index in [0.29, 0.717) is 12.8 Å². The number of rotatable bonds is 4. The molecule has 3 aromatic heterocycles. The molecule has 0 bridgehead atoms. The SMILES string of the molecule is O=C(NC1CCC(n2cc(-c3ccncn3)cn2)CC1)c1ncccc1C(F)(F)F. The molecule has 1 N–H and O–H groups in total. The number of carbonyl (C=O) groups is 1. The van der Waals surface area contributed by atoms with Crippen LogP contribution in [-0.4, -0.2) is 36.7 Å². The molecule has 10 heteroatoms. The van der Waals surface area contributed by atoms with Crippen molar-refractivity contribution >= 4 is 5.91 Å². The summed E-state index contributed by atoms with van der Waals surface area (Å²) in [6.45, 7) is 0. The number of carbonyl (C=O) groups excluding carboxylic acids is 1. The van der Waals surface area contributed by atoms with Gasteiger partial charge in [-0.25, -0.2) is 9.97 Å². The van der Waals surface area contributed by atoms with Gasteiger partial charge < -0.3 is 5.32 Å². The lowest BCUT2D eigenvalue weighted by molar-refractivity contribution is -0.138. The molecule has 1 saturated carbocycles. The van der Waals surface area contributed by atoms with Crippen molar-refractivity contribution in [3.8, 4) is 11.3 Å². The molecule has 0 radical (unpaired) electrons. The van der Waals surface area contributed by atoms with Gasteiger partial charge in [0.25, 0.3) is 5.91 Å². The Balaban J connectivity index is 1.37. The summed E-state index contributed by atoms with van der Waals surface area (Å²) < 4.78 is 41.2. The van der Waals surface area contributed by atoms with E-state index in [9.17, 15) is 18.0 Å². The van der Waals surface area contributed by atoms with E-state index in [0.717, 1.165) is 30.2 Å². The number of halogens is 3. The minimum absolute atomic E-state index is 0.161. The van der Waals surface area contributed by atoms with E-state index in [1.165, 1.54) is 18.6 Å². The summed E-state index contributed by atoms with van der Waals surface area (Å²) >= 11 is 0. The molecule has 0 atom stereocenters. The Kier molecular flexibility index (Phi) is 5.47. The molecule has 156 valence electrons. The predicted octanol–water partition coefficient (Wildman–Crippen LogP) is 3.67. The van der Waals surface area contributed by atoms with Crippen LogP contribution < -0.4 is 5.32 Å². The third-order valence-electron chi connectivity index (χ3n) is 5.21. The van der Waals surface area contributed by atoms with E-state index >= 15 is 0 Å². The first kappa shape index (κ1) is 20.0. The highest BCUT2D eigenvalue weighted by molar-refractivity contribution is 5.94. The van der Waals surface area contributed by atoms with Crippen LogP contribution in [0.1, 0.15) is 47.8 Å². The number of amides is 1. The van der Waals surface area contributed by atoms with Gasteiger partial charge in [-0.15, -0.1) is 0 Å². The van der Waals surface area contributed by atoms with Crippen LogP contribution in [0.4, 0.5) is 13.2 Å². The van der Waals surface area contributed by atoms with Crippen LogP contribution >= 0.6 is 0 Å². The molecule has 0 spiro atoms. The van der Waals surface area contributed by atoms with E-state index < -0.39 is 23.3 Å². The Bertz CT molecular complexity index is 1010. The second-order valence-corrected chi connectivity index (χ2v) is 7.18. The molecule has 30 heavy (non-hydrogen) atoms. The Morgan fingerprint density at radius 2 is 1.90 bits per heavy atom. The Labute approximate surface area is 170 Å². The second-order valence-electron chi connectivity index (χ2n) is 7.18. The zero-order valence-corrected chi connectivity index (χ0v) is 15.9. The summed E-state index contributed by atoms with van der Waals surface area (Å²) in [5.41, 5.74) is 0.0642. The van der Waals surface area contributed by atoms with Gasteiger partial charge in [-0.1, -0.05) is 0 Å². The smallest absolute Gasteiger partial charge is 0.348 e. The lowest BCUT2D eigenvalue weighted by Gasteiger charge is -2.29. The highest BCUT2D eigenvalue weighted by Crippen LogP contribution is 2.32. The van der Waals surface area contributed by atoms with E-state index in [1.54, 1.807) is 18.5 Å². The summed E-state index contributed by atoms with van der Waals surface area (Å²) in [5.74, 6) is -0.795. The third-order valence-corrected chi connectivity index (χ3v) is 5.21. The maximum atomic E-state index is 13.1. The van der Waals surface area contributed by atoms with Gasteiger partial charge >= 0.3 is 6.18 Å². The topological polar surface area (TPSA) is 85.6 Å². The molecule has 3 heterocycles. The first-order valence-corrected chi connectivity index (χ1v) is 9.55. The summed E-state index contributed by atoms with van der Waals surface area (Å²) in [7, 11) is 0. The quantitative estimate of drug-likeness (QED) is 0.702. The molecule has 0 unspecified atom stereocenters. The maximum absolute atomic E-state index is 13.1. The Morgan fingerprint density at radius 1 is 1.10 bits per heavy atom. The average molecular weight is 416 g/mol. The van der Waals surface area contributed by atoms with E-state index in [1.807, 2.05) is 10.9 Å². The molecule has 1 fully saturated rings. The van der Waals surface area contributed by atoms with Gasteiger partial charge in [-0.05, 0) is 43.9 Å². The standard InChI is InChI=1S/C20H19F3N6O/c21-20(22,23)16-2-1-8-25-18(16)19(30)28-14-3-5-15(6-4-14)29-11-13(10-27-29)17-7-9-24-12-26-17/h1-2,7-12,14-15H,3-6H2,(H,28,30). The average Bonchev–Trinajstić information content (AvgIpc) is 3.25. The fourth-order valence-corrected chi connectivity index (χ4v) is 3.68. The summed E-state index contributed by atoms with van der Waals surface area (Å²) in [6.07, 6.45) is 6.18. The number of pyridine rings is 1. The number of hydrogen-bond acceptors (Lipinski definition) is 5. The van der Waals surface area contributed by atoms with Crippen molar-refractivity contribution in [1.29, 1.82) is 0 Å². The van der Waals surface area contributed by atoms with Crippen molar-refractivity contribution in [2.45, 2.75) is 43.9 Å². The molecule has 1 amide bonds. The normalized spacial score (nSPS) is 19.4. The molecule has 1 aliphatic rings. The van der Waals surface area contributed by atoms with Crippen molar-refractivity contribution in [3.05, 3.63) is 60.6 Å². The van der Waals surface area contributed by atoms with Crippen LogP contribution in [0.15, 0.2) is 49.3 Å². The fraction of sp³-hybridized carbons (Fsp3) is 0.350. The molecule has 0 saturated heterocycles. The van der Waals surface area contributed by atoms with Crippen molar-refractivity contribution < 1.29 is 18.0 Å². The van der Waals surface area contributed by atoms with E-state index in [-0.39, 0.29) is 12.1 Å². The first-order chi connectivity index (χ1) is 14.4. The van der Waals surface area contributed by atoms with Crippen LogP contribution in [0.2, 0.25) is 0 Å². The van der Waals surface area contributed by atoms with E-state index in [4.69, 9.17) is 0 Å². The molecule has 4 rings (SSSR count). The zero-order chi connectivity index (χ0) is 21.1. The summed E-state index contributed by atoms with van der Waals surface area (Å²) in [4.78, 5) is 24.1. The Hall–Kier alpha value is -3.30. The molecule has 7 nitrogen and oxygen atoms in total. The molecule has 1 aliphatic carbocycles. The summed E-state index contributed by atoms with van der Waals surface area (Å²) in [6, 6.07) is 3.81. The van der Waals surface area contributed by atoms with Gasteiger partial charge in [-0.2, -0.15) is 18.3 Å². The molecular formula is C20H19F3N6O. The number of aromatic nitrogens is 5. The van der Waals surface area contributed by atoms with Gasteiger partial charge in [-0.3, -0.25) is 14.5 Å². The monoisotopic (exact) mass is 416 g/mol. The van der Waals surface area contributed by atoms with Gasteiger partial charge in [0.05, 0.1) is 23.5 Å². The fourth-order valence-electron chi connectivity index (χ4n) is 3.68. The molecular weight excluding hydrogens is 397 g/mol. The van der Waals surface area contributed by atoms with Crippen LogP contribution in [0.3, 0.4) is 0 Å². The van der Waals surface area contributed by atoms with Gasteiger partial charge in [0, 0.05) is 30.2 Å². The van der Waals surface area contributed by atoms with Gasteiger partial charge in [0.15, 0.2) is 0 Å². The third kappa shape index (κ3) is 4.32. The van der Waals surface area contributed by atoms with Crippen LogP contribution in [0, 0.1) is 0 Å². The number of hydrogen-bond donors (Lipinski definition) is 1. The minimum atomic E-state index is -4.62. The second kappa shape index (κ2) is 8.21. The van der Waals surface area contributed by atoms with Crippen molar-refractivity contribution in [3.63, 3.8) is 0 Å². The minimum Gasteiger partial charge on any atom is -0.348 e. The predicted molar refractivity (Wildman–Crippen MR) is 101 cm³/mol. The largest absolute Gasteiger partial charge is 0.418 e. The van der Waals surface area contributed by atoms with Crippen LogP contribution in [0.5, 0.6) is 0 Å². The van der Waals surface area contributed by atoms with Gasteiger partial charge in [0.2, 0.25) is 0 Å². The number of nitrogens with one attached hydrogen (secondary N) is 1. The lowest BCUT2D eigenvalue weighted by atomic mass is 9.91. The first-order valence-electron chi connectivity index (χ1n) is 9.55. The molecule has 0 aliphatic heterocycles. The summed E-state index contributed by atoms with van der Waals surface area (Å²) in [5, 5.41) is 7.13.